The van der Waals surface area contributed by atoms with Gasteiger partial charge in [-0.05, 0) is 44.0 Å². The third-order valence-corrected chi connectivity index (χ3v) is 4.82. The molecule has 3 rings (SSSR count). The van der Waals surface area contributed by atoms with Gasteiger partial charge in [-0.3, -0.25) is 24.1 Å². The Morgan fingerprint density at radius 1 is 0.966 bits per heavy atom. The third-order valence-electron chi connectivity index (χ3n) is 4.82. The number of carbonyl (C=O) groups excluding carboxylic acids is 4. The van der Waals surface area contributed by atoms with Crippen LogP contribution in [0.2, 0.25) is 0 Å². The van der Waals surface area contributed by atoms with Gasteiger partial charge in [-0.2, -0.15) is 0 Å². The topological polar surface area (TPSA) is 92.8 Å². The molecule has 1 heterocycles. The maximum Gasteiger partial charge on any atom is 0.308 e. The van der Waals surface area contributed by atoms with Crippen molar-refractivity contribution in [1.29, 1.82) is 0 Å². The first-order valence-corrected chi connectivity index (χ1v) is 9.31. The molecular formula is C22H22N2O5. The smallest absolute Gasteiger partial charge is 0.308 e. The van der Waals surface area contributed by atoms with Crippen LogP contribution in [0.15, 0.2) is 42.5 Å². The van der Waals surface area contributed by atoms with E-state index in [-0.39, 0.29) is 13.0 Å². The maximum absolute atomic E-state index is 12.4. The van der Waals surface area contributed by atoms with E-state index in [0.717, 1.165) is 16.0 Å². The Bertz CT molecular complexity index is 943. The van der Waals surface area contributed by atoms with E-state index in [1.54, 1.807) is 24.3 Å². The van der Waals surface area contributed by atoms with Gasteiger partial charge in [0.15, 0.2) is 6.10 Å². The molecule has 0 unspecified atom stereocenters. The second-order valence-corrected chi connectivity index (χ2v) is 6.95. The summed E-state index contributed by atoms with van der Waals surface area (Å²) in [5, 5.41) is 2.77. The lowest BCUT2D eigenvalue weighted by molar-refractivity contribution is -0.153. The summed E-state index contributed by atoms with van der Waals surface area (Å²) in [6.07, 6.45) is -1.20. The second kappa shape index (κ2) is 8.26. The number of esters is 1. The summed E-state index contributed by atoms with van der Waals surface area (Å²) < 4.78 is 5.17. The average molecular weight is 394 g/mol. The Morgan fingerprint density at radius 3 is 2.07 bits per heavy atom. The van der Waals surface area contributed by atoms with Crippen molar-refractivity contribution in [1.82, 2.24) is 4.90 Å². The van der Waals surface area contributed by atoms with Crippen molar-refractivity contribution in [2.75, 3.05) is 11.9 Å². The van der Waals surface area contributed by atoms with Crippen molar-refractivity contribution in [3.05, 3.63) is 64.7 Å². The molecule has 0 fully saturated rings. The summed E-state index contributed by atoms with van der Waals surface area (Å²) in [5.41, 5.74) is 3.15. The molecule has 1 aliphatic heterocycles. The molecular weight excluding hydrogens is 372 g/mol. The fraction of sp³-hybridized carbons (Fsp3) is 0.273. The summed E-state index contributed by atoms with van der Waals surface area (Å²) in [7, 11) is 0. The number of hydrogen-bond acceptors (Lipinski definition) is 5. The number of imide groups is 1. The Hall–Kier alpha value is -3.48. The number of nitrogens with zero attached hydrogens (tertiary/aromatic N) is 1. The Morgan fingerprint density at radius 2 is 1.52 bits per heavy atom. The molecule has 0 saturated heterocycles. The van der Waals surface area contributed by atoms with Crippen molar-refractivity contribution >= 4 is 29.4 Å². The SMILES string of the molecule is Cc1cccc(C)c1NC(=O)[C@H](C)OC(=O)CCN1C(=O)c2ccccc2C1=O. The zero-order valence-electron chi connectivity index (χ0n) is 16.5. The number of aryl methyl sites for hydroxylation is 2. The lowest BCUT2D eigenvalue weighted by Crippen LogP contribution is -2.34. The number of para-hydroxylation sites is 1. The summed E-state index contributed by atoms with van der Waals surface area (Å²) in [4.78, 5) is 50.1. The molecule has 150 valence electrons. The zero-order chi connectivity index (χ0) is 21.1. The number of anilines is 1. The van der Waals surface area contributed by atoms with E-state index in [1.165, 1.54) is 6.92 Å². The highest BCUT2D eigenvalue weighted by atomic mass is 16.5. The van der Waals surface area contributed by atoms with Crippen LogP contribution in [0.1, 0.15) is 45.2 Å². The van der Waals surface area contributed by atoms with E-state index < -0.39 is 29.8 Å². The lowest BCUT2D eigenvalue weighted by atomic mass is 10.1. The standard InChI is InChI=1S/C22H22N2O5/c1-13-7-6-8-14(2)19(13)23-20(26)15(3)29-18(25)11-12-24-21(27)16-9-4-5-10-17(16)22(24)28/h4-10,15H,11-12H2,1-3H3,(H,23,26)/t15-/m0/s1. The number of amides is 3. The van der Waals surface area contributed by atoms with Crippen molar-refractivity contribution < 1.29 is 23.9 Å². The van der Waals surface area contributed by atoms with Gasteiger partial charge in [0.05, 0.1) is 17.5 Å². The van der Waals surface area contributed by atoms with Crippen molar-refractivity contribution in [2.24, 2.45) is 0 Å². The molecule has 2 aromatic carbocycles. The average Bonchev–Trinajstić information content (AvgIpc) is 2.93. The molecule has 2 aromatic rings. The Balaban J connectivity index is 1.54. The number of rotatable bonds is 6. The summed E-state index contributed by atoms with van der Waals surface area (Å²) in [6.45, 7) is 5.13. The van der Waals surface area contributed by atoms with Gasteiger partial charge < -0.3 is 10.1 Å². The van der Waals surface area contributed by atoms with Gasteiger partial charge in [0.1, 0.15) is 0 Å². The number of carbonyl (C=O) groups is 4. The first kappa shape index (κ1) is 20.3. The molecule has 7 heteroatoms. The van der Waals surface area contributed by atoms with Crippen molar-refractivity contribution in [3.8, 4) is 0 Å². The largest absolute Gasteiger partial charge is 0.452 e. The highest BCUT2D eigenvalue weighted by Gasteiger charge is 2.35. The van der Waals surface area contributed by atoms with Gasteiger partial charge >= 0.3 is 5.97 Å². The number of benzene rings is 2. The van der Waals surface area contributed by atoms with Crippen LogP contribution in [0.3, 0.4) is 0 Å². The third kappa shape index (κ3) is 4.18. The minimum absolute atomic E-state index is 0.101. The monoisotopic (exact) mass is 394 g/mol. The fourth-order valence-corrected chi connectivity index (χ4v) is 3.19. The number of ether oxygens (including phenoxy) is 1. The van der Waals surface area contributed by atoms with Gasteiger partial charge in [0.25, 0.3) is 17.7 Å². The van der Waals surface area contributed by atoms with Crippen LogP contribution in [-0.2, 0) is 14.3 Å². The Labute approximate surface area is 168 Å². The minimum atomic E-state index is -1.01. The van der Waals surface area contributed by atoms with E-state index in [9.17, 15) is 19.2 Å². The van der Waals surface area contributed by atoms with Crippen LogP contribution < -0.4 is 5.32 Å². The first-order valence-electron chi connectivity index (χ1n) is 9.31. The van der Waals surface area contributed by atoms with Gasteiger partial charge in [0, 0.05) is 12.2 Å². The highest BCUT2D eigenvalue weighted by Crippen LogP contribution is 2.23. The Kier molecular flexibility index (Phi) is 5.77. The normalized spacial score (nSPS) is 13.8. The molecule has 1 aliphatic rings. The van der Waals surface area contributed by atoms with E-state index >= 15 is 0 Å². The fourth-order valence-electron chi connectivity index (χ4n) is 3.19. The van der Waals surface area contributed by atoms with Crippen molar-refractivity contribution in [3.63, 3.8) is 0 Å². The van der Waals surface area contributed by atoms with Crippen LogP contribution in [0.5, 0.6) is 0 Å². The van der Waals surface area contributed by atoms with E-state index in [1.807, 2.05) is 32.0 Å². The molecule has 0 radical (unpaired) electrons. The molecule has 0 aliphatic carbocycles. The minimum Gasteiger partial charge on any atom is -0.452 e. The summed E-state index contributed by atoms with van der Waals surface area (Å²) >= 11 is 0. The predicted molar refractivity (Wildman–Crippen MR) is 107 cm³/mol. The molecule has 7 nitrogen and oxygen atoms in total. The van der Waals surface area contributed by atoms with Gasteiger partial charge in [-0.25, -0.2) is 0 Å². The molecule has 0 bridgehead atoms. The van der Waals surface area contributed by atoms with Crippen molar-refractivity contribution in [2.45, 2.75) is 33.3 Å². The number of nitrogens with one attached hydrogen (secondary N) is 1. The molecule has 1 atom stereocenters. The first-order chi connectivity index (χ1) is 13.8. The summed E-state index contributed by atoms with van der Waals surface area (Å²) in [5.74, 6) is -1.97. The van der Waals surface area contributed by atoms with E-state index in [0.29, 0.717) is 16.8 Å². The summed E-state index contributed by atoms with van der Waals surface area (Å²) in [6, 6.07) is 12.2. The van der Waals surface area contributed by atoms with Gasteiger partial charge in [-0.15, -0.1) is 0 Å². The van der Waals surface area contributed by atoms with Crippen LogP contribution in [0, 0.1) is 13.8 Å². The van der Waals surface area contributed by atoms with Crippen LogP contribution in [0.25, 0.3) is 0 Å². The van der Waals surface area contributed by atoms with E-state index in [2.05, 4.69) is 5.32 Å². The molecule has 1 N–H and O–H groups in total. The van der Waals surface area contributed by atoms with Crippen LogP contribution >= 0.6 is 0 Å². The zero-order valence-corrected chi connectivity index (χ0v) is 16.5. The van der Waals surface area contributed by atoms with Gasteiger partial charge in [-0.1, -0.05) is 30.3 Å². The molecule has 0 aromatic heterocycles. The maximum atomic E-state index is 12.4. The lowest BCUT2D eigenvalue weighted by Gasteiger charge is -2.17. The molecule has 29 heavy (non-hydrogen) atoms. The van der Waals surface area contributed by atoms with Crippen LogP contribution in [-0.4, -0.2) is 41.2 Å². The number of fused-ring (bicyclic) bond motifs is 1. The molecule has 3 amide bonds. The van der Waals surface area contributed by atoms with Crippen LogP contribution in [0.4, 0.5) is 5.69 Å². The quantitative estimate of drug-likeness (QED) is 0.601. The second-order valence-electron chi connectivity index (χ2n) is 6.95. The van der Waals surface area contributed by atoms with Gasteiger partial charge in [0.2, 0.25) is 0 Å². The highest BCUT2D eigenvalue weighted by molar-refractivity contribution is 6.21. The molecule has 0 saturated carbocycles. The molecule has 0 spiro atoms. The number of hydrogen-bond donors (Lipinski definition) is 1. The van der Waals surface area contributed by atoms with E-state index in [4.69, 9.17) is 4.74 Å². The predicted octanol–water partition coefficient (Wildman–Crippen LogP) is 2.86.